The van der Waals surface area contributed by atoms with Gasteiger partial charge in [-0.1, -0.05) is 29.8 Å². The Kier molecular flexibility index (Phi) is 3.66. The summed E-state index contributed by atoms with van der Waals surface area (Å²) in [5.41, 5.74) is 2.00. The normalized spacial score (nSPS) is 17.9. The van der Waals surface area contributed by atoms with Crippen molar-refractivity contribution in [1.82, 2.24) is 0 Å². The highest BCUT2D eigenvalue weighted by atomic mass is 32.2. The summed E-state index contributed by atoms with van der Waals surface area (Å²) in [6.07, 6.45) is 0. The van der Waals surface area contributed by atoms with Crippen molar-refractivity contribution < 1.29 is 9.53 Å². The quantitative estimate of drug-likeness (QED) is 0.752. The standard InChI is InChI=1S/C13H16O2S/c1-9-3-5-11(6-4-9)13(14)10(2)16-12-7-15-8-12/h3-6,10,12H,7-8H2,1-2H3. The highest BCUT2D eigenvalue weighted by Gasteiger charge is 2.25. The van der Waals surface area contributed by atoms with Crippen LogP contribution in [0.4, 0.5) is 0 Å². The summed E-state index contributed by atoms with van der Waals surface area (Å²) < 4.78 is 5.10. The predicted octanol–water partition coefficient (Wildman–Crippen LogP) is 2.70. The highest BCUT2D eigenvalue weighted by Crippen LogP contribution is 2.26. The van der Waals surface area contributed by atoms with Crippen LogP contribution >= 0.6 is 11.8 Å². The van der Waals surface area contributed by atoms with Gasteiger partial charge in [-0.05, 0) is 13.8 Å². The lowest BCUT2D eigenvalue weighted by Gasteiger charge is -2.27. The summed E-state index contributed by atoms with van der Waals surface area (Å²) in [5.74, 6) is 0.219. The molecule has 3 heteroatoms. The van der Waals surface area contributed by atoms with Crippen LogP contribution in [-0.2, 0) is 4.74 Å². The third-order valence-electron chi connectivity index (χ3n) is 2.71. The highest BCUT2D eigenvalue weighted by molar-refractivity contribution is 8.01. The van der Waals surface area contributed by atoms with Gasteiger partial charge in [-0.25, -0.2) is 0 Å². The molecule has 1 aliphatic rings. The van der Waals surface area contributed by atoms with Crippen molar-refractivity contribution in [3.8, 4) is 0 Å². The van der Waals surface area contributed by atoms with Gasteiger partial charge in [0.1, 0.15) is 0 Å². The summed E-state index contributed by atoms with van der Waals surface area (Å²) in [6.45, 7) is 5.58. The molecule has 16 heavy (non-hydrogen) atoms. The van der Waals surface area contributed by atoms with Crippen LogP contribution in [-0.4, -0.2) is 29.5 Å². The fraction of sp³-hybridized carbons (Fsp3) is 0.462. The van der Waals surface area contributed by atoms with Gasteiger partial charge in [0.05, 0.1) is 23.7 Å². The van der Waals surface area contributed by atoms with E-state index < -0.39 is 0 Å². The molecule has 0 aromatic heterocycles. The number of hydrogen-bond donors (Lipinski definition) is 0. The maximum Gasteiger partial charge on any atom is 0.175 e. The Labute approximate surface area is 100 Å². The number of thioether (sulfide) groups is 1. The van der Waals surface area contributed by atoms with E-state index in [1.165, 1.54) is 5.56 Å². The van der Waals surface area contributed by atoms with Crippen LogP contribution in [0.2, 0.25) is 0 Å². The monoisotopic (exact) mass is 236 g/mol. The molecule has 1 atom stereocenters. The zero-order valence-electron chi connectivity index (χ0n) is 9.60. The van der Waals surface area contributed by atoms with E-state index in [1.54, 1.807) is 11.8 Å². The van der Waals surface area contributed by atoms with Crippen LogP contribution in [0.5, 0.6) is 0 Å². The Morgan fingerprint density at radius 1 is 1.38 bits per heavy atom. The minimum atomic E-state index is 0.0246. The fourth-order valence-electron chi connectivity index (χ4n) is 1.60. The molecule has 0 radical (unpaired) electrons. The van der Waals surface area contributed by atoms with Crippen molar-refractivity contribution in [2.75, 3.05) is 13.2 Å². The van der Waals surface area contributed by atoms with Gasteiger partial charge in [0, 0.05) is 5.56 Å². The van der Waals surface area contributed by atoms with Crippen LogP contribution < -0.4 is 0 Å². The predicted molar refractivity (Wildman–Crippen MR) is 67.2 cm³/mol. The van der Waals surface area contributed by atoms with E-state index in [-0.39, 0.29) is 11.0 Å². The van der Waals surface area contributed by atoms with Crippen LogP contribution in [0, 0.1) is 6.92 Å². The van der Waals surface area contributed by atoms with E-state index in [2.05, 4.69) is 0 Å². The molecule has 1 aliphatic heterocycles. The maximum absolute atomic E-state index is 12.1. The largest absolute Gasteiger partial charge is 0.379 e. The fourth-order valence-corrected chi connectivity index (χ4v) is 2.78. The van der Waals surface area contributed by atoms with E-state index >= 15 is 0 Å². The number of Topliss-reactive ketones (excluding diaryl/α,β-unsaturated/α-hetero) is 1. The first-order valence-corrected chi connectivity index (χ1v) is 6.45. The summed E-state index contributed by atoms with van der Waals surface area (Å²) in [5, 5.41) is 0.529. The molecule has 1 saturated heterocycles. The Morgan fingerprint density at radius 3 is 2.50 bits per heavy atom. The Morgan fingerprint density at radius 2 is 2.00 bits per heavy atom. The van der Waals surface area contributed by atoms with Gasteiger partial charge in [0.15, 0.2) is 5.78 Å². The minimum absolute atomic E-state index is 0.0246. The smallest absolute Gasteiger partial charge is 0.175 e. The van der Waals surface area contributed by atoms with Crippen molar-refractivity contribution in [2.45, 2.75) is 24.3 Å². The average molecular weight is 236 g/mol. The molecule has 1 fully saturated rings. The van der Waals surface area contributed by atoms with Gasteiger partial charge in [-0.2, -0.15) is 0 Å². The molecule has 0 spiro atoms. The minimum Gasteiger partial charge on any atom is -0.379 e. The van der Waals surface area contributed by atoms with Crippen molar-refractivity contribution in [2.24, 2.45) is 0 Å². The molecule has 2 rings (SSSR count). The van der Waals surface area contributed by atoms with Crippen molar-refractivity contribution in [3.63, 3.8) is 0 Å². The SMILES string of the molecule is Cc1ccc(C(=O)C(C)SC2COC2)cc1. The number of benzene rings is 1. The molecule has 2 nitrogen and oxygen atoms in total. The molecule has 0 saturated carbocycles. The first-order chi connectivity index (χ1) is 7.66. The Bertz CT molecular complexity index is 368. The molecule has 1 heterocycles. The lowest BCUT2D eigenvalue weighted by Crippen LogP contribution is -2.33. The molecule has 1 unspecified atom stereocenters. The van der Waals surface area contributed by atoms with Gasteiger partial charge >= 0.3 is 0 Å². The lowest BCUT2D eigenvalue weighted by atomic mass is 10.1. The topological polar surface area (TPSA) is 26.3 Å². The molecule has 0 bridgehead atoms. The molecule has 86 valence electrons. The van der Waals surface area contributed by atoms with Crippen LogP contribution in [0.1, 0.15) is 22.8 Å². The zero-order chi connectivity index (χ0) is 11.5. The van der Waals surface area contributed by atoms with Gasteiger partial charge < -0.3 is 4.74 Å². The number of ketones is 1. The van der Waals surface area contributed by atoms with Gasteiger partial charge in [-0.15, -0.1) is 11.8 Å². The lowest BCUT2D eigenvalue weighted by molar-refractivity contribution is 0.0453. The van der Waals surface area contributed by atoms with Crippen LogP contribution in [0.25, 0.3) is 0 Å². The second kappa shape index (κ2) is 5.02. The summed E-state index contributed by atoms with van der Waals surface area (Å²) in [6, 6.07) is 7.78. The number of ether oxygens (including phenoxy) is 1. The first-order valence-electron chi connectivity index (χ1n) is 5.51. The number of carbonyl (C=O) groups is 1. The van der Waals surface area contributed by atoms with Crippen molar-refractivity contribution in [3.05, 3.63) is 35.4 Å². The number of hydrogen-bond acceptors (Lipinski definition) is 3. The molecule has 0 N–H and O–H groups in total. The summed E-state index contributed by atoms with van der Waals surface area (Å²) >= 11 is 1.72. The van der Waals surface area contributed by atoms with Crippen LogP contribution in [0.3, 0.4) is 0 Å². The van der Waals surface area contributed by atoms with E-state index in [9.17, 15) is 4.79 Å². The number of carbonyl (C=O) groups excluding carboxylic acids is 1. The summed E-state index contributed by atoms with van der Waals surface area (Å²) in [4.78, 5) is 12.1. The van der Waals surface area contributed by atoms with E-state index in [4.69, 9.17) is 4.74 Å². The first kappa shape index (κ1) is 11.7. The molecular weight excluding hydrogens is 220 g/mol. The van der Waals surface area contributed by atoms with Gasteiger partial charge in [0.2, 0.25) is 0 Å². The third-order valence-corrected chi connectivity index (χ3v) is 3.99. The number of aryl methyl sites for hydroxylation is 1. The maximum atomic E-state index is 12.1. The molecule has 0 aliphatic carbocycles. The van der Waals surface area contributed by atoms with E-state index in [1.807, 2.05) is 38.1 Å². The number of rotatable bonds is 4. The zero-order valence-corrected chi connectivity index (χ0v) is 10.4. The molecule has 1 aromatic carbocycles. The van der Waals surface area contributed by atoms with Crippen molar-refractivity contribution >= 4 is 17.5 Å². The van der Waals surface area contributed by atoms with E-state index in [0.29, 0.717) is 5.25 Å². The Balaban J connectivity index is 1.97. The molecule has 1 aromatic rings. The van der Waals surface area contributed by atoms with E-state index in [0.717, 1.165) is 18.8 Å². The van der Waals surface area contributed by atoms with Gasteiger partial charge in [-0.3, -0.25) is 4.79 Å². The molecule has 0 amide bonds. The van der Waals surface area contributed by atoms with Crippen molar-refractivity contribution in [1.29, 1.82) is 0 Å². The molecular formula is C13H16O2S. The second-order valence-electron chi connectivity index (χ2n) is 4.17. The Hall–Kier alpha value is -0.800. The summed E-state index contributed by atoms with van der Waals surface area (Å²) in [7, 11) is 0. The van der Waals surface area contributed by atoms with Gasteiger partial charge in [0.25, 0.3) is 0 Å². The third kappa shape index (κ3) is 2.66. The average Bonchev–Trinajstić information content (AvgIpc) is 2.23. The second-order valence-corrected chi connectivity index (χ2v) is 5.81. The van der Waals surface area contributed by atoms with Crippen LogP contribution in [0.15, 0.2) is 24.3 Å².